The highest BCUT2D eigenvalue weighted by molar-refractivity contribution is 5.70. The third-order valence-corrected chi connectivity index (χ3v) is 4.61. The van der Waals surface area contributed by atoms with E-state index in [1.807, 2.05) is 12.4 Å². The van der Waals surface area contributed by atoms with E-state index < -0.39 is 11.6 Å². The smallest absolute Gasteiger partial charge is 0.306 e. The number of fused-ring (bicyclic) bond motifs is 1. The number of carboxylic acid groups (broad SMARTS) is 1. The number of carboxylic acids is 1. The zero-order valence-corrected chi connectivity index (χ0v) is 11.5. The number of nitrogens with zero attached hydrogens (tertiary/aromatic N) is 3. The van der Waals surface area contributed by atoms with Gasteiger partial charge in [-0.25, -0.2) is 4.98 Å². The van der Waals surface area contributed by atoms with Gasteiger partial charge in [0.25, 0.3) is 0 Å². The van der Waals surface area contributed by atoms with Gasteiger partial charge in [0.15, 0.2) is 0 Å². The Bertz CT molecular complexity index is 492. The summed E-state index contributed by atoms with van der Waals surface area (Å²) in [6.07, 6.45) is 6.11. The van der Waals surface area contributed by atoms with Crippen molar-refractivity contribution in [3.8, 4) is 0 Å². The normalized spacial score (nSPS) is 30.9. The monoisotopic (exact) mass is 279 g/mol. The molecule has 3 rings (SSSR count). The molecule has 6 heteroatoms. The summed E-state index contributed by atoms with van der Waals surface area (Å²) in [7, 11) is 0. The molecule has 0 radical (unpaired) electrons. The van der Waals surface area contributed by atoms with Crippen molar-refractivity contribution < 1.29 is 15.0 Å². The SMILES string of the molecule is O=C(O)C1CCC(O)(CN2CCn3ccnc3C2)CC1. The first-order chi connectivity index (χ1) is 9.56. The predicted octanol–water partition coefficient (Wildman–Crippen LogP) is 0.705. The molecule has 0 aromatic carbocycles. The molecule has 1 aliphatic carbocycles. The van der Waals surface area contributed by atoms with Crippen LogP contribution in [0.4, 0.5) is 0 Å². The van der Waals surface area contributed by atoms with Crippen molar-refractivity contribution in [1.82, 2.24) is 14.5 Å². The van der Waals surface area contributed by atoms with Crippen LogP contribution < -0.4 is 0 Å². The van der Waals surface area contributed by atoms with Gasteiger partial charge < -0.3 is 14.8 Å². The second-order valence-corrected chi connectivity index (χ2v) is 6.08. The second kappa shape index (κ2) is 5.18. The zero-order chi connectivity index (χ0) is 14.2. The van der Waals surface area contributed by atoms with E-state index in [4.69, 9.17) is 5.11 Å². The van der Waals surface area contributed by atoms with E-state index in [2.05, 4.69) is 14.5 Å². The Morgan fingerprint density at radius 1 is 1.40 bits per heavy atom. The van der Waals surface area contributed by atoms with Gasteiger partial charge in [0.2, 0.25) is 0 Å². The number of hydrogen-bond acceptors (Lipinski definition) is 4. The molecule has 20 heavy (non-hydrogen) atoms. The second-order valence-electron chi connectivity index (χ2n) is 6.08. The summed E-state index contributed by atoms with van der Waals surface area (Å²) in [5, 5.41) is 19.7. The van der Waals surface area contributed by atoms with Crippen molar-refractivity contribution in [1.29, 1.82) is 0 Å². The van der Waals surface area contributed by atoms with Gasteiger partial charge >= 0.3 is 5.97 Å². The van der Waals surface area contributed by atoms with Gasteiger partial charge in [0, 0.05) is 32.0 Å². The van der Waals surface area contributed by atoms with E-state index >= 15 is 0 Å². The van der Waals surface area contributed by atoms with Crippen LogP contribution >= 0.6 is 0 Å². The van der Waals surface area contributed by atoms with Crippen LogP contribution in [0.2, 0.25) is 0 Å². The molecule has 0 amide bonds. The van der Waals surface area contributed by atoms with Crippen LogP contribution in [0.3, 0.4) is 0 Å². The average molecular weight is 279 g/mol. The van der Waals surface area contributed by atoms with Crippen LogP contribution in [-0.4, -0.2) is 49.3 Å². The number of rotatable bonds is 3. The van der Waals surface area contributed by atoms with Crippen LogP contribution in [0.1, 0.15) is 31.5 Å². The molecular formula is C14H21N3O3. The minimum atomic E-state index is -0.735. The van der Waals surface area contributed by atoms with Gasteiger partial charge in [-0.15, -0.1) is 0 Å². The Morgan fingerprint density at radius 3 is 2.85 bits per heavy atom. The van der Waals surface area contributed by atoms with Crippen molar-refractivity contribution in [3.63, 3.8) is 0 Å². The number of β-amino-alcohol motifs (C(OH)–C–C–N with tert-alkyl or cyclic N) is 1. The van der Waals surface area contributed by atoms with Gasteiger partial charge in [-0.2, -0.15) is 0 Å². The van der Waals surface area contributed by atoms with Crippen molar-refractivity contribution in [3.05, 3.63) is 18.2 Å². The number of aliphatic carboxylic acids is 1. The molecule has 1 fully saturated rings. The first-order valence-corrected chi connectivity index (χ1v) is 7.23. The highest BCUT2D eigenvalue weighted by Gasteiger charge is 2.37. The Kier molecular flexibility index (Phi) is 3.52. The minimum absolute atomic E-state index is 0.282. The molecule has 6 nitrogen and oxygen atoms in total. The third kappa shape index (κ3) is 2.71. The maximum absolute atomic E-state index is 11.0. The van der Waals surface area contributed by atoms with E-state index in [0.717, 1.165) is 25.5 Å². The standard InChI is InChI=1S/C14H21N3O3/c18-13(19)11-1-3-14(20,4-2-11)10-16-7-8-17-6-5-15-12(17)9-16/h5-6,11,20H,1-4,7-10H2,(H,18,19). The van der Waals surface area contributed by atoms with Crippen LogP contribution in [0.5, 0.6) is 0 Å². The summed E-state index contributed by atoms with van der Waals surface area (Å²) in [6, 6.07) is 0. The van der Waals surface area contributed by atoms with Crippen LogP contribution in [0.15, 0.2) is 12.4 Å². The van der Waals surface area contributed by atoms with Gasteiger partial charge in [0.05, 0.1) is 18.1 Å². The number of hydrogen-bond donors (Lipinski definition) is 2. The fourth-order valence-electron chi connectivity index (χ4n) is 3.33. The molecule has 1 aromatic rings. The number of aromatic nitrogens is 2. The molecule has 2 N–H and O–H groups in total. The van der Waals surface area contributed by atoms with E-state index in [-0.39, 0.29) is 5.92 Å². The highest BCUT2D eigenvalue weighted by Crippen LogP contribution is 2.33. The van der Waals surface area contributed by atoms with Gasteiger partial charge in [-0.05, 0) is 25.7 Å². The lowest BCUT2D eigenvalue weighted by atomic mass is 9.78. The van der Waals surface area contributed by atoms with Gasteiger partial charge in [-0.1, -0.05) is 0 Å². The molecule has 1 saturated carbocycles. The molecule has 0 atom stereocenters. The van der Waals surface area contributed by atoms with Crippen molar-refractivity contribution in [2.45, 2.75) is 44.4 Å². The molecular weight excluding hydrogens is 258 g/mol. The quantitative estimate of drug-likeness (QED) is 0.851. The summed E-state index contributed by atoms with van der Waals surface area (Å²) < 4.78 is 2.14. The van der Waals surface area contributed by atoms with E-state index in [1.54, 1.807) is 0 Å². The summed E-state index contributed by atoms with van der Waals surface area (Å²) in [6.45, 7) is 3.20. The molecule has 0 bridgehead atoms. The zero-order valence-electron chi connectivity index (χ0n) is 11.5. The Labute approximate surface area is 118 Å². The van der Waals surface area contributed by atoms with Crippen molar-refractivity contribution in [2.75, 3.05) is 13.1 Å². The topological polar surface area (TPSA) is 78.6 Å². The maximum Gasteiger partial charge on any atom is 0.306 e. The molecule has 1 aromatic heterocycles. The van der Waals surface area contributed by atoms with E-state index in [1.165, 1.54) is 0 Å². The van der Waals surface area contributed by atoms with E-state index in [0.29, 0.717) is 32.2 Å². The number of aliphatic hydroxyl groups is 1. The summed E-state index contributed by atoms with van der Waals surface area (Å²) >= 11 is 0. The van der Waals surface area contributed by atoms with E-state index in [9.17, 15) is 9.90 Å². The van der Waals surface area contributed by atoms with Crippen molar-refractivity contribution >= 4 is 5.97 Å². The molecule has 2 heterocycles. The maximum atomic E-state index is 11.0. The largest absolute Gasteiger partial charge is 0.481 e. The lowest BCUT2D eigenvalue weighted by molar-refractivity contribution is -0.145. The Balaban J connectivity index is 1.57. The van der Waals surface area contributed by atoms with Gasteiger partial charge in [-0.3, -0.25) is 9.69 Å². The minimum Gasteiger partial charge on any atom is -0.481 e. The van der Waals surface area contributed by atoms with Crippen LogP contribution in [-0.2, 0) is 17.9 Å². The Hall–Kier alpha value is -1.40. The number of imidazole rings is 1. The van der Waals surface area contributed by atoms with Crippen molar-refractivity contribution in [2.24, 2.45) is 5.92 Å². The molecule has 0 spiro atoms. The first-order valence-electron chi connectivity index (χ1n) is 7.23. The summed E-state index contributed by atoms with van der Waals surface area (Å²) in [4.78, 5) is 17.5. The molecule has 0 unspecified atom stereocenters. The molecule has 0 saturated heterocycles. The van der Waals surface area contributed by atoms with Gasteiger partial charge in [0.1, 0.15) is 5.82 Å². The highest BCUT2D eigenvalue weighted by atomic mass is 16.4. The number of carbonyl (C=O) groups is 1. The average Bonchev–Trinajstić information content (AvgIpc) is 2.86. The first kappa shape index (κ1) is 13.6. The van der Waals surface area contributed by atoms with Crippen LogP contribution in [0, 0.1) is 5.92 Å². The lowest BCUT2D eigenvalue weighted by Crippen LogP contribution is -2.48. The van der Waals surface area contributed by atoms with Crippen LogP contribution in [0.25, 0.3) is 0 Å². The molecule has 110 valence electrons. The summed E-state index contributed by atoms with van der Waals surface area (Å²) in [5.74, 6) is 0.0293. The molecule has 1 aliphatic heterocycles. The fourth-order valence-corrected chi connectivity index (χ4v) is 3.33. The summed E-state index contributed by atoms with van der Waals surface area (Å²) in [5.41, 5.74) is -0.735. The predicted molar refractivity (Wildman–Crippen MR) is 72.0 cm³/mol. The fraction of sp³-hybridized carbons (Fsp3) is 0.714. The Morgan fingerprint density at radius 2 is 2.15 bits per heavy atom. The third-order valence-electron chi connectivity index (χ3n) is 4.61. The molecule has 2 aliphatic rings. The lowest BCUT2D eigenvalue weighted by Gasteiger charge is -2.39.